The van der Waals surface area contributed by atoms with Gasteiger partial charge < -0.3 is 24.3 Å². The summed E-state index contributed by atoms with van der Waals surface area (Å²) in [5.74, 6) is 1.48. The lowest BCUT2D eigenvalue weighted by atomic mass is 9.91. The minimum absolute atomic E-state index is 0.185. The molecule has 0 aliphatic heterocycles. The van der Waals surface area contributed by atoms with Gasteiger partial charge in [0.2, 0.25) is 17.1 Å². The van der Waals surface area contributed by atoms with Crippen LogP contribution in [-0.4, -0.2) is 34.3 Å². The highest BCUT2D eigenvalue weighted by Crippen LogP contribution is 2.48. The Hall–Kier alpha value is -3.22. The van der Waals surface area contributed by atoms with Gasteiger partial charge in [-0.3, -0.25) is 9.59 Å². The number of benzene rings is 1. The van der Waals surface area contributed by atoms with Crippen LogP contribution in [-0.2, 0) is 4.79 Å². The van der Waals surface area contributed by atoms with Crippen LogP contribution in [0, 0.1) is 6.92 Å². The third-order valence-electron chi connectivity index (χ3n) is 4.92. The molecule has 7 heteroatoms. The van der Waals surface area contributed by atoms with Gasteiger partial charge >= 0.3 is 0 Å². The van der Waals surface area contributed by atoms with E-state index >= 15 is 0 Å². The number of carbonyl (C=O) groups is 1. The van der Waals surface area contributed by atoms with Crippen molar-refractivity contribution in [2.75, 3.05) is 28.4 Å². The fourth-order valence-corrected chi connectivity index (χ4v) is 3.57. The van der Waals surface area contributed by atoms with Crippen molar-refractivity contribution >= 4 is 5.91 Å². The van der Waals surface area contributed by atoms with Crippen molar-refractivity contribution in [3.8, 4) is 34.1 Å². The molecular weight excluding hydrogens is 386 g/mol. The second-order valence-corrected chi connectivity index (χ2v) is 6.78. The van der Waals surface area contributed by atoms with Crippen LogP contribution in [0.1, 0.15) is 37.4 Å². The largest absolute Gasteiger partial charge is 0.493 e. The molecule has 0 bridgehead atoms. The van der Waals surface area contributed by atoms with E-state index in [1.54, 1.807) is 26.4 Å². The van der Waals surface area contributed by atoms with Crippen molar-refractivity contribution in [2.45, 2.75) is 33.2 Å². The van der Waals surface area contributed by atoms with Crippen LogP contribution in [0.4, 0.5) is 0 Å². The van der Waals surface area contributed by atoms with Gasteiger partial charge in [-0.1, -0.05) is 13.0 Å². The third-order valence-corrected chi connectivity index (χ3v) is 4.92. The number of ether oxygens (including phenoxy) is 4. The van der Waals surface area contributed by atoms with Crippen LogP contribution in [0.15, 0.2) is 29.1 Å². The summed E-state index contributed by atoms with van der Waals surface area (Å²) < 4.78 is 21.9. The Bertz CT molecular complexity index is 986. The van der Waals surface area contributed by atoms with Crippen molar-refractivity contribution in [1.82, 2.24) is 5.32 Å². The number of nitrogens with one attached hydrogen (secondary N) is 1. The predicted molar refractivity (Wildman–Crippen MR) is 116 cm³/mol. The first-order valence-electron chi connectivity index (χ1n) is 9.62. The summed E-state index contributed by atoms with van der Waals surface area (Å²) in [6, 6.07) is 6.41. The molecule has 1 atom stereocenters. The normalized spacial score (nSPS) is 11.4. The molecule has 0 aliphatic carbocycles. The zero-order valence-electron chi connectivity index (χ0n) is 18.5. The first-order chi connectivity index (χ1) is 14.3. The molecule has 1 N–H and O–H groups in total. The highest BCUT2D eigenvalue weighted by Gasteiger charge is 2.24. The predicted octanol–water partition coefficient (Wildman–Crippen LogP) is 3.64. The fourth-order valence-electron chi connectivity index (χ4n) is 3.57. The quantitative estimate of drug-likeness (QED) is 0.709. The number of aryl methyl sites for hydroxylation is 1. The molecule has 2 rings (SSSR count). The van der Waals surface area contributed by atoms with Crippen molar-refractivity contribution in [1.29, 1.82) is 0 Å². The Morgan fingerprint density at radius 1 is 0.967 bits per heavy atom. The average molecular weight is 415 g/mol. The minimum Gasteiger partial charge on any atom is -0.493 e. The molecule has 30 heavy (non-hydrogen) atoms. The summed E-state index contributed by atoms with van der Waals surface area (Å²) in [7, 11) is 6.09. The molecule has 1 amide bonds. The lowest BCUT2D eigenvalue weighted by molar-refractivity contribution is -0.119. The Balaban J connectivity index is 2.98. The van der Waals surface area contributed by atoms with E-state index < -0.39 is 0 Å². The summed E-state index contributed by atoms with van der Waals surface area (Å²) >= 11 is 0. The minimum atomic E-state index is -0.375. The van der Waals surface area contributed by atoms with Gasteiger partial charge in [-0.25, -0.2) is 0 Å². The molecule has 0 radical (unpaired) electrons. The van der Waals surface area contributed by atoms with Gasteiger partial charge in [0.05, 0.1) is 34.5 Å². The lowest BCUT2D eigenvalue weighted by Gasteiger charge is -2.22. The van der Waals surface area contributed by atoms with Crippen LogP contribution in [0.3, 0.4) is 0 Å². The second kappa shape index (κ2) is 10.0. The first kappa shape index (κ1) is 23.1. The standard InChI is InChI=1S/C23H29NO6/c1-8-17(24-14(3)25)16-12-18(26)19(27-4)10-9-15(16)21-13(2)11-20(28-5)22(29-6)23(21)30-7/h9-12,17H,8H2,1-7H3,(H,24,25)/t17-/m0/s1. The molecule has 0 saturated carbocycles. The van der Waals surface area contributed by atoms with Gasteiger partial charge in [-0.05, 0) is 48.2 Å². The maximum Gasteiger partial charge on any atom is 0.220 e. The van der Waals surface area contributed by atoms with Gasteiger partial charge in [0.1, 0.15) is 0 Å². The Morgan fingerprint density at radius 2 is 1.60 bits per heavy atom. The summed E-state index contributed by atoms with van der Waals surface area (Å²) in [6.45, 7) is 5.31. The maximum absolute atomic E-state index is 12.7. The Kier molecular flexibility index (Phi) is 7.69. The van der Waals surface area contributed by atoms with Crippen LogP contribution in [0.2, 0.25) is 0 Å². The number of carbonyl (C=O) groups excluding carboxylic acids is 1. The van der Waals surface area contributed by atoms with E-state index in [1.807, 2.05) is 19.9 Å². The van der Waals surface area contributed by atoms with Gasteiger partial charge in [0, 0.05) is 12.5 Å². The van der Waals surface area contributed by atoms with Gasteiger partial charge in [-0.2, -0.15) is 0 Å². The van der Waals surface area contributed by atoms with Crippen LogP contribution in [0.5, 0.6) is 23.0 Å². The van der Waals surface area contributed by atoms with Gasteiger partial charge in [0.15, 0.2) is 17.2 Å². The first-order valence-corrected chi connectivity index (χ1v) is 9.62. The molecule has 0 heterocycles. The molecule has 2 aromatic rings. The van der Waals surface area contributed by atoms with Crippen molar-refractivity contribution in [3.05, 3.63) is 45.6 Å². The molecule has 0 aliphatic rings. The third kappa shape index (κ3) is 4.50. The number of methoxy groups -OCH3 is 4. The van der Waals surface area contributed by atoms with Gasteiger partial charge in [0.25, 0.3) is 0 Å². The topological polar surface area (TPSA) is 83.1 Å². The fraction of sp³-hybridized carbons (Fsp3) is 0.391. The number of hydrogen-bond donors (Lipinski definition) is 1. The summed E-state index contributed by atoms with van der Waals surface area (Å²) in [5.41, 5.74) is 2.72. The van der Waals surface area contributed by atoms with E-state index in [0.29, 0.717) is 29.2 Å². The molecule has 162 valence electrons. The Morgan fingerprint density at radius 3 is 2.10 bits per heavy atom. The molecule has 0 spiro atoms. The number of amides is 1. The smallest absolute Gasteiger partial charge is 0.220 e. The van der Waals surface area contributed by atoms with E-state index in [-0.39, 0.29) is 23.1 Å². The monoisotopic (exact) mass is 415 g/mol. The van der Waals surface area contributed by atoms with Crippen LogP contribution >= 0.6 is 0 Å². The summed E-state index contributed by atoms with van der Waals surface area (Å²) in [5, 5.41) is 2.93. The van der Waals surface area contributed by atoms with Gasteiger partial charge in [-0.15, -0.1) is 0 Å². The molecule has 7 nitrogen and oxygen atoms in total. The van der Waals surface area contributed by atoms with Crippen molar-refractivity contribution in [3.63, 3.8) is 0 Å². The Labute approximate surface area is 176 Å². The van der Waals surface area contributed by atoms with E-state index in [2.05, 4.69) is 5.32 Å². The average Bonchev–Trinajstić information content (AvgIpc) is 2.89. The zero-order chi connectivity index (χ0) is 22.4. The molecule has 2 aromatic carbocycles. The lowest BCUT2D eigenvalue weighted by Crippen LogP contribution is -2.26. The van der Waals surface area contributed by atoms with E-state index in [4.69, 9.17) is 18.9 Å². The van der Waals surface area contributed by atoms with E-state index in [1.165, 1.54) is 27.2 Å². The maximum atomic E-state index is 12.7. The SMILES string of the molecule is CC[C@H](NC(C)=O)c1cc(=O)c(OC)ccc1-c1c(C)cc(OC)c(OC)c1OC. The summed E-state index contributed by atoms with van der Waals surface area (Å²) in [6.07, 6.45) is 0.590. The molecule has 0 fully saturated rings. The molecule has 0 aromatic heterocycles. The van der Waals surface area contributed by atoms with E-state index in [0.717, 1.165) is 16.7 Å². The van der Waals surface area contributed by atoms with Crippen molar-refractivity contribution < 1.29 is 23.7 Å². The van der Waals surface area contributed by atoms with E-state index in [9.17, 15) is 9.59 Å². The van der Waals surface area contributed by atoms with Crippen LogP contribution in [0.25, 0.3) is 11.1 Å². The molecular formula is C23H29NO6. The van der Waals surface area contributed by atoms with Crippen molar-refractivity contribution in [2.24, 2.45) is 0 Å². The highest BCUT2D eigenvalue weighted by molar-refractivity contribution is 5.82. The molecule has 0 saturated heterocycles. The second-order valence-electron chi connectivity index (χ2n) is 6.78. The summed E-state index contributed by atoms with van der Waals surface area (Å²) in [4.78, 5) is 24.5. The number of rotatable bonds is 8. The number of hydrogen-bond acceptors (Lipinski definition) is 6. The highest BCUT2D eigenvalue weighted by atomic mass is 16.5. The van der Waals surface area contributed by atoms with Crippen LogP contribution < -0.4 is 29.7 Å². The molecule has 0 unspecified atom stereocenters. The zero-order valence-corrected chi connectivity index (χ0v) is 18.5.